The van der Waals surface area contributed by atoms with Gasteiger partial charge in [0.15, 0.2) is 0 Å². The van der Waals surface area contributed by atoms with E-state index in [9.17, 15) is 44.1 Å². The van der Waals surface area contributed by atoms with Crippen molar-refractivity contribution < 1.29 is 71.9 Å². The van der Waals surface area contributed by atoms with Crippen LogP contribution in [0.15, 0.2) is 0 Å². The Morgan fingerprint density at radius 1 is 0.583 bits per heavy atom. The molecule has 8 atom stereocenters. The third-order valence-electron chi connectivity index (χ3n) is 2.74. The van der Waals surface area contributed by atoms with Crippen LogP contribution in [0.1, 0.15) is 0 Å². The molecule has 0 aromatic carbocycles. The molecular formula is C6H15O15P3. The quantitative estimate of drug-likeness (QED) is 0.189. The Bertz CT molecular complexity index is 570. The van der Waals surface area contributed by atoms with E-state index >= 15 is 0 Å². The van der Waals surface area contributed by atoms with Gasteiger partial charge in [-0.1, -0.05) is 0 Å². The van der Waals surface area contributed by atoms with Gasteiger partial charge in [0.05, 0.1) is 0 Å². The van der Waals surface area contributed by atoms with E-state index < -0.39 is 60.1 Å². The summed E-state index contributed by atoms with van der Waals surface area (Å²) in [5, 5.41) is 47.2. The highest BCUT2D eigenvalue weighted by Crippen LogP contribution is 2.66. The average Bonchev–Trinajstić information content (AvgIpc) is 2.35. The molecule has 0 heterocycles. The molecule has 24 heavy (non-hydrogen) atoms. The van der Waals surface area contributed by atoms with Crippen LogP contribution in [0, 0.1) is 0 Å². The summed E-state index contributed by atoms with van der Waals surface area (Å²) in [6, 6.07) is 0. The van der Waals surface area contributed by atoms with Gasteiger partial charge in [0.2, 0.25) is 0 Å². The van der Waals surface area contributed by atoms with Gasteiger partial charge >= 0.3 is 23.5 Å². The second-order valence-corrected chi connectivity index (χ2v) is 8.99. The molecule has 0 bridgehead atoms. The van der Waals surface area contributed by atoms with Crippen LogP contribution in [0.2, 0.25) is 0 Å². The number of hydrogen-bond acceptors (Lipinski definition) is 11. The van der Waals surface area contributed by atoms with Crippen molar-refractivity contribution in [3.63, 3.8) is 0 Å². The maximum absolute atomic E-state index is 11.6. The summed E-state index contributed by atoms with van der Waals surface area (Å²) in [6.45, 7) is 0. The van der Waals surface area contributed by atoms with Gasteiger partial charge in [-0.2, -0.15) is 8.62 Å². The predicted molar refractivity (Wildman–Crippen MR) is 68.8 cm³/mol. The molecule has 0 aliphatic heterocycles. The average molecular weight is 420 g/mol. The molecule has 0 aromatic rings. The maximum atomic E-state index is 11.6. The van der Waals surface area contributed by atoms with Crippen molar-refractivity contribution in [3.05, 3.63) is 0 Å². The van der Waals surface area contributed by atoms with Crippen molar-refractivity contribution >= 4 is 23.5 Å². The first-order chi connectivity index (χ1) is 10.6. The van der Waals surface area contributed by atoms with E-state index in [1.165, 1.54) is 0 Å². The first-order valence-corrected chi connectivity index (χ1v) is 10.3. The zero-order chi connectivity index (χ0) is 19.1. The number of rotatable bonds is 6. The minimum Gasteiger partial charge on any atom is -0.387 e. The Hall–Kier alpha value is 0.210. The molecule has 144 valence electrons. The number of phosphoric acid groups is 3. The van der Waals surface area contributed by atoms with Crippen molar-refractivity contribution in [1.29, 1.82) is 0 Å². The Kier molecular flexibility index (Phi) is 6.90. The van der Waals surface area contributed by atoms with Crippen LogP contribution < -0.4 is 0 Å². The molecule has 0 amide bonds. The third-order valence-corrected chi connectivity index (χ3v) is 6.58. The van der Waals surface area contributed by atoms with Crippen LogP contribution in [0.5, 0.6) is 0 Å². The van der Waals surface area contributed by atoms with Gasteiger partial charge in [0, 0.05) is 0 Å². The first kappa shape index (κ1) is 22.3. The number of phosphoric ester groups is 1. The van der Waals surface area contributed by atoms with Crippen molar-refractivity contribution in [1.82, 2.24) is 0 Å². The summed E-state index contributed by atoms with van der Waals surface area (Å²) in [4.78, 5) is 34.9. The fraction of sp³-hybridized carbons (Fsp3) is 1.00. The van der Waals surface area contributed by atoms with Gasteiger partial charge in [0.1, 0.15) is 36.6 Å². The Balaban J connectivity index is 2.91. The number of hydrogen-bond donors (Lipinski definition) is 9. The van der Waals surface area contributed by atoms with Crippen LogP contribution in [-0.4, -0.2) is 81.7 Å². The van der Waals surface area contributed by atoms with Gasteiger partial charge in [-0.25, -0.2) is 13.7 Å². The molecule has 0 saturated heterocycles. The molecule has 1 rings (SSSR count). The standard InChI is InChI=1S/C6H15O15P3/c7-1-2(8)4(10)6(5(11)3(1)9)19-23(15,16)21-24(17,18)20-22(12,13)14/h1-11H,(H,15,16)(H,17,18)(H2,12,13,14)/t1-,2-,3+,4-,5-,6-/m0/s1. The lowest BCUT2D eigenvalue weighted by molar-refractivity contribution is -0.219. The second kappa shape index (κ2) is 7.45. The van der Waals surface area contributed by atoms with Crippen molar-refractivity contribution in [3.8, 4) is 0 Å². The summed E-state index contributed by atoms with van der Waals surface area (Å²) < 4.78 is 44.1. The summed E-state index contributed by atoms with van der Waals surface area (Å²) >= 11 is 0. The molecule has 0 spiro atoms. The topological polar surface area (TPSA) is 261 Å². The maximum Gasteiger partial charge on any atom is 0.490 e. The summed E-state index contributed by atoms with van der Waals surface area (Å²) in [7, 11) is -17.2. The van der Waals surface area contributed by atoms with E-state index in [0.29, 0.717) is 0 Å². The lowest BCUT2D eigenvalue weighted by Crippen LogP contribution is -2.64. The van der Waals surface area contributed by atoms with Crippen molar-refractivity contribution in [2.24, 2.45) is 0 Å². The highest BCUT2D eigenvalue weighted by molar-refractivity contribution is 7.66. The lowest BCUT2D eigenvalue weighted by atomic mass is 9.85. The van der Waals surface area contributed by atoms with Crippen LogP contribution in [-0.2, 0) is 26.8 Å². The summed E-state index contributed by atoms with van der Waals surface area (Å²) in [6.07, 6.45) is -13.1. The molecule has 2 unspecified atom stereocenters. The molecule has 15 nitrogen and oxygen atoms in total. The highest BCUT2D eigenvalue weighted by Gasteiger charge is 2.52. The Labute approximate surface area is 133 Å². The van der Waals surface area contributed by atoms with E-state index in [0.717, 1.165) is 0 Å². The SMILES string of the molecule is O=P(O)(O)OP(=O)(O)OP(=O)(O)O[C@@H]1[C@@H](O)[C@H](O)[C@@H](O)[C@H](O)[C@@H]1O. The van der Waals surface area contributed by atoms with Crippen LogP contribution in [0.3, 0.4) is 0 Å². The third kappa shape index (κ3) is 5.88. The molecule has 1 aliphatic rings. The van der Waals surface area contributed by atoms with E-state index in [4.69, 9.17) is 14.7 Å². The molecule has 9 N–H and O–H groups in total. The smallest absolute Gasteiger partial charge is 0.387 e. The van der Waals surface area contributed by atoms with Gasteiger partial charge in [-0.05, 0) is 0 Å². The summed E-state index contributed by atoms with van der Waals surface area (Å²) in [5.74, 6) is 0. The van der Waals surface area contributed by atoms with Crippen molar-refractivity contribution in [2.45, 2.75) is 36.6 Å². The molecule has 1 aliphatic carbocycles. The van der Waals surface area contributed by atoms with Crippen molar-refractivity contribution in [2.75, 3.05) is 0 Å². The predicted octanol–water partition coefficient (Wildman–Crippen LogP) is -3.48. The Morgan fingerprint density at radius 2 is 0.958 bits per heavy atom. The number of aliphatic hydroxyl groups excluding tert-OH is 5. The van der Waals surface area contributed by atoms with Crippen LogP contribution >= 0.6 is 23.5 Å². The minimum atomic E-state index is -5.82. The van der Waals surface area contributed by atoms with Gasteiger partial charge in [0.25, 0.3) is 0 Å². The monoisotopic (exact) mass is 420 g/mol. The van der Waals surface area contributed by atoms with E-state index in [2.05, 4.69) is 13.1 Å². The van der Waals surface area contributed by atoms with E-state index in [1.807, 2.05) is 0 Å². The Morgan fingerprint density at radius 3 is 1.33 bits per heavy atom. The molecular weight excluding hydrogens is 405 g/mol. The number of aliphatic hydroxyl groups is 5. The second-order valence-electron chi connectivity index (χ2n) is 4.61. The molecule has 18 heteroatoms. The molecule has 0 radical (unpaired) electrons. The lowest BCUT2D eigenvalue weighted by Gasteiger charge is -2.41. The van der Waals surface area contributed by atoms with Gasteiger partial charge in [-0.15, -0.1) is 0 Å². The van der Waals surface area contributed by atoms with Crippen LogP contribution in [0.25, 0.3) is 0 Å². The zero-order valence-corrected chi connectivity index (χ0v) is 14.0. The fourth-order valence-electron chi connectivity index (χ4n) is 1.77. The van der Waals surface area contributed by atoms with Crippen LogP contribution in [0.4, 0.5) is 0 Å². The van der Waals surface area contributed by atoms with Gasteiger partial charge < -0.3 is 45.1 Å². The summed E-state index contributed by atoms with van der Waals surface area (Å²) in [5.41, 5.74) is 0. The zero-order valence-electron chi connectivity index (χ0n) is 11.3. The minimum absolute atomic E-state index is 2.05. The van der Waals surface area contributed by atoms with E-state index in [-0.39, 0.29) is 0 Å². The van der Waals surface area contributed by atoms with E-state index in [1.54, 1.807) is 0 Å². The highest BCUT2D eigenvalue weighted by atomic mass is 31.3. The largest absolute Gasteiger partial charge is 0.490 e. The van der Waals surface area contributed by atoms with Gasteiger partial charge in [-0.3, -0.25) is 4.52 Å². The molecule has 1 fully saturated rings. The first-order valence-electron chi connectivity index (χ1n) is 5.79. The fourth-order valence-corrected chi connectivity index (χ4v) is 4.99. The molecule has 0 aromatic heterocycles. The normalized spacial score (nSPS) is 39.9. The molecule has 1 saturated carbocycles.